The lowest BCUT2D eigenvalue weighted by Crippen LogP contribution is -2.20. The van der Waals surface area contributed by atoms with E-state index in [4.69, 9.17) is 14.2 Å². The number of aldehydes is 1. The van der Waals surface area contributed by atoms with Gasteiger partial charge < -0.3 is 19.5 Å². The van der Waals surface area contributed by atoms with Gasteiger partial charge in [-0.25, -0.2) is 0 Å². The number of rotatable bonds is 5. The standard InChI is InChI=1S/C20H23NO4.ClH/c1-23-14-6-4-13(5-7-14)17-11-21-9-8-15-16(17)10-19(24-2)20(25-3)18(15)12-22;/h4-7,10,12,17,21H,8-9,11H2,1-3H3;1H. The van der Waals surface area contributed by atoms with E-state index >= 15 is 0 Å². The SMILES string of the molecule is COc1ccc(C2CNCCc3c2cc(OC)c(OC)c3C=O)cc1.Cl. The summed E-state index contributed by atoms with van der Waals surface area (Å²) in [6, 6.07) is 10.1. The smallest absolute Gasteiger partial charge is 0.171 e. The van der Waals surface area contributed by atoms with Gasteiger partial charge in [0, 0.05) is 12.5 Å². The van der Waals surface area contributed by atoms with Crippen LogP contribution < -0.4 is 19.5 Å². The van der Waals surface area contributed by atoms with Crippen LogP contribution in [0, 0.1) is 0 Å². The van der Waals surface area contributed by atoms with E-state index < -0.39 is 0 Å². The van der Waals surface area contributed by atoms with Gasteiger partial charge in [0.05, 0.1) is 26.9 Å². The maximum absolute atomic E-state index is 11.8. The maximum Gasteiger partial charge on any atom is 0.171 e. The van der Waals surface area contributed by atoms with Crippen molar-refractivity contribution in [2.24, 2.45) is 0 Å². The zero-order valence-electron chi connectivity index (χ0n) is 15.2. The molecule has 0 amide bonds. The molecule has 2 aromatic rings. The highest BCUT2D eigenvalue weighted by molar-refractivity contribution is 5.85. The van der Waals surface area contributed by atoms with Crippen molar-refractivity contribution in [2.45, 2.75) is 12.3 Å². The Morgan fingerprint density at radius 2 is 1.81 bits per heavy atom. The van der Waals surface area contributed by atoms with Crippen LogP contribution in [-0.2, 0) is 6.42 Å². The Hall–Kier alpha value is -2.24. The van der Waals surface area contributed by atoms with Gasteiger partial charge >= 0.3 is 0 Å². The van der Waals surface area contributed by atoms with Gasteiger partial charge in [-0.05, 0) is 47.9 Å². The number of nitrogens with one attached hydrogen (secondary N) is 1. The Morgan fingerprint density at radius 1 is 1.08 bits per heavy atom. The number of hydrogen-bond acceptors (Lipinski definition) is 5. The molecule has 0 fully saturated rings. The summed E-state index contributed by atoms with van der Waals surface area (Å²) in [5.41, 5.74) is 3.88. The molecule has 2 aromatic carbocycles. The molecule has 1 aliphatic heterocycles. The van der Waals surface area contributed by atoms with Crippen LogP contribution in [-0.4, -0.2) is 40.7 Å². The number of carbonyl (C=O) groups excluding carboxylic acids is 1. The Balaban J connectivity index is 0.00000243. The van der Waals surface area contributed by atoms with E-state index in [0.29, 0.717) is 17.1 Å². The predicted octanol–water partition coefficient (Wildman–Crippen LogP) is 3.22. The van der Waals surface area contributed by atoms with Gasteiger partial charge in [-0.1, -0.05) is 12.1 Å². The van der Waals surface area contributed by atoms with Crippen molar-refractivity contribution in [1.29, 1.82) is 0 Å². The van der Waals surface area contributed by atoms with Gasteiger partial charge in [-0.2, -0.15) is 0 Å². The monoisotopic (exact) mass is 377 g/mol. The second kappa shape index (κ2) is 8.92. The summed E-state index contributed by atoms with van der Waals surface area (Å²) >= 11 is 0. The van der Waals surface area contributed by atoms with Gasteiger partial charge in [0.15, 0.2) is 17.8 Å². The Bertz CT molecular complexity index is 761. The van der Waals surface area contributed by atoms with Crippen molar-refractivity contribution >= 4 is 18.7 Å². The second-order valence-corrected chi connectivity index (χ2v) is 5.99. The molecule has 6 heteroatoms. The van der Waals surface area contributed by atoms with Crippen LogP contribution in [0.1, 0.15) is 33.0 Å². The number of halogens is 1. The van der Waals surface area contributed by atoms with Crippen molar-refractivity contribution in [3.05, 3.63) is 52.6 Å². The Morgan fingerprint density at radius 3 is 2.38 bits per heavy atom. The Labute approximate surface area is 160 Å². The number of carbonyl (C=O) groups is 1. The number of fused-ring (bicyclic) bond motifs is 1. The van der Waals surface area contributed by atoms with Crippen LogP contribution in [0.25, 0.3) is 0 Å². The first kappa shape index (κ1) is 20.1. The zero-order valence-corrected chi connectivity index (χ0v) is 16.0. The molecule has 1 aliphatic rings. The highest BCUT2D eigenvalue weighted by atomic mass is 35.5. The average Bonchev–Trinajstić information content (AvgIpc) is 2.88. The summed E-state index contributed by atoms with van der Waals surface area (Å²) < 4.78 is 16.2. The summed E-state index contributed by atoms with van der Waals surface area (Å²) in [6.45, 7) is 1.61. The first-order valence-corrected chi connectivity index (χ1v) is 8.31. The first-order chi connectivity index (χ1) is 12.2. The molecule has 1 heterocycles. The number of benzene rings is 2. The van der Waals surface area contributed by atoms with Gasteiger partial charge in [0.25, 0.3) is 0 Å². The van der Waals surface area contributed by atoms with Gasteiger partial charge in [-0.3, -0.25) is 4.79 Å². The molecule has 0 radical (unpaired) electrons. The molecule has 0 spiro atoms. The van der Waals surface area contributed by atoms with Gasteiger partial charge in [-0.15, -0.1) is 12.4 Å². The van der Waals surface area contributed by atoms with E-state index in [2.05, 4.69) is 17.4 Å². The summed E-state index contributed by atoms with van der Waals surface area (Å²) in [5, 5.41) is 3.47. The molecule has 1 atom stereocenters. The number of hydrogen-bond donors (Lipinski definition) is 1. The van der Waals surface area contributed by atoms with Gasteiger partial charge in [0.1, 0.15) is 5.75 Å². The molecule has 1 N–H and O–H groups in total. The van der Waals surface area contributed by atoms with E-state index in [1.807, 2.05) is 18.2 Å². The first-order valence-electron chi connectivity index (χ1n) is 8.31. The molecular weight excluding hydrogens is 354 g/mol. The zero-order chi connectivity index (χ0) is 17.8. The summed E-state index contributed by atoms with van der Waals surface area (Å²) in [7, 11) is 4.81. The second-order valence-electron chi connectivity index (χ2n) is 5.99. The van der Waals surface area contributed by atoms with Crippen LogP contribution in [0.15, 0.2) is 30.3 Å². The number of methoxy groups -OCH3 is 3. The molecule has 1 unspecified atom stereocenters. The fourth-order valence-corrected chi connectivity index (χ4v) is 3.50. The third-order valence-electron chi connectivity index (χ3n) is 4.76. The fraction of sp³-hybridized carbons (Fsp3) is 0.350. The minimum absolute atomic E-state index is 0. The quantitative estimate of drug-likeness (QED) is 0.811. The third kappa shape index (κ3) is 3.64. The molecule has 5 nitrogen and oxygen atoms in total. The van der Waals surface area contributed by atoms with E-state index in [0.717, 1.165) is 42.7 Å². The maximum atomic E-state index is 11.8. The highest BCUT2D eigenvalue weighted by Crippen LogP contribution is 2.40. The molecule has 3 rings (SSSR count). The van der Waals surface area contributed by atoms with Crippen molar-refractivity contribution in [1.82, 2.24) is 5.32 Å². The van der Waals surface area contributed by atoms with Crippen molar-refractivity contribution in [2.75, 3.05) is 34.4 Å². The molecule has 26 heavy (non-hydrogen) atoms. The molecule has 140 valence electrons. The molecular formula is C20H24ClNO4. The van der Waals surface area contributed by atoms with Crippen LogP contribution in [0.3, 0.4) is 0 Å². The van der Waals surface area contributed by atoms with E-state index in [-0.39, 0.29) is 18.3 Å². The van der Waals surface area contributed by atoms with Crippen LogP contribution in [0.5, 0.6) is 17.2 Å². The van der Waals surface area contributed by atoms with Crippen LogP contribution in [0.2, 0.25) is 0 Å². The summed E-state index contributed by atoms with van der Waals surface area (Å²) in [4.78, 5) is 11.8. The molecule has 0 aromatic heterocycles. The summed E-state index contributed by atoms with van der Waals surface area (Å²) in [6.07, 6.45) is 1.65. The van der Waals surface area contributed by atoms with E-state index in [9.17, 15) is 4.79 Å². The molecule has 0 saturated heterocycles. The molecule has 0 bridgehead atoms. The summed E-state index contributed by atoms with van der Waals surface area (Å²) in [5.74, 6) is 2.05. The fourth-order valence-electron chi connectivity index (χ4n) is 3.50. The Kier molecular flexibility index (Phi) is 6.89. The lowest BCUT2D eigenvalue weighted by atomic mass is 9.85. The predicted molar refractivity (Wildman–Crippen MR) is 104 cm³/mol. The van der Waals surface area contributed by atoms with Gasteiger partial charge in [0.2, 0.25) is 0 Å². The van der Waals surface area contributed by atoms with Crippen molar-refractivity contribution in [3.8, 4) is 17.2 Å². The topological polar surface area (TPSA) is 56.8 Å². The lowest BCUT2D eigenvalue weighted by molar-refractivity contribution is 0.111. The van der Waals surface area contributed by atoms with E-state index in [1.165, 1.54) is 5.56 Å². The average molecular weight is 378 g/mol. The third-order valence-corrected chi connectivity index (χ3v) is 4.76. The normalized spacial score (nSPS) is 15.9. The lowest BCUT2D eigenvalue weighted by Gasteiger charge is -2.22. The van der Waals surface area contributed by atoms with Crippen LogP contribution in [0.4, 0.5) is 0 Å². The van der Waals surface area contributed by atoms with E-state index in [1.54, 1.807) is 21.3 Å². The minimum Gasteiger partial charge on any atom is -0.497 e. The van der Waals surface area contributed by atoms with Crippen molar-refractivity contribution < 1.29 is 19.0 Å². The minimum atomic E-state index is 0. The highest BCUT2D eigenvalue weighted by Gasteiger charge is 2.26. The largest absolute Gasteiger partial charge is 0.497 e. The van der Waals surface area contributed by atoms with Crippen molar-refractivity contribution in [3.63, 3.8) is 0 Å². The van der Waals surface area contributed by atoms with Crippen LogP contribution >= 0.6 is 12.4 Å². The number of ether oxygens (including phenoxy) is 3. The molecule has 0 aliphatic carbocycles. The molecule has 0 saturated carbocycles.